The van der Waals surface area contributed by atoms with Crippen molar-refractivity contribution in [2.75, 3.05) is 30.2 Å². The highest BCUT2D eigenvalue weighted by atomic mass is 33.1. The molecule has 0 unspecified atom stereocenters. The first-order valence-electron chi connectivity index (χ1n) is 16.6. The number of alkyl halides is 3. The third kappa shape index (κ3) is 10.0. The average Bonchev–Trinajstić information content (AvgIpc) is 3.68. The number of ether oxygens (including phenoxy) is 3. The SMILES string of the molecule is CSSCO[C@H]1C[C@H](n2cc(C#CCNC(=O)C(F)(F)F)c3c2CN=C(NC(=O)C(C)C)N=C3OC(=O)N(c2ccccc2)c2ccccc2)O[C@@H]1CO. The molecule has 1 saturated heterocycles. The minimum atomic E-state index is -5.11. The van der Waals surface area contributed by atoms with Gasteiger partial charge in [0.05, 0.1) is 54.0 Å². The van der Waals surface area contributed by atoms with Crippen LogP contribution >= 0.6 is 21.6 Å². The van der Waals surface area contributed by atoms with Gasteiger partial charge in [-0.3, -0.25) is 14.9 Å². The van der Waals surface area contributed by atoms with Crippen LogP contribution in [0.5, 0.6) is 0 Å². The summed E-state index contributed by atoms with van der Waals surface area (Å²) in [7, 11) is 2.99. The van der Waals surface area contributed by atoms with E-state index in [1.54, 1.807) is 90.6 Å². The Bertz CT molecular complexity index is 1890. The standard InChI is InChI=1S/C36H37F3N6O7S2/c1-22(2)31(47)42-34-41-18-26-30(32(43-34)52-35(49)45(24-12-6-4-7-13-24)25-14-8-5-9-15-25)23(11-10-16-40-33(48)36(37,38)39)19-44(26)29-17-27(28(20-46)51-29)50-21-54-53-3/h4-9,12-15,19,22,27-29,46H,16-18,20-21H2,1-3H3,(H,40,48)(H,41,42,47)/t27-,28+,29+/m0/s1. The minimum absolute atomic E-state index is 0.140. The van der Waals surface area contributed by atoms with Crippen molar-refractivity contribution in [3.8, 4) is 11.8 Å². The van der Waals surface area contributed by atoms with Gasteiger partial charge in [0.15, 0.2) is 0 Å². The fourth-order valence-corrected chi connectivity index (χ4v) is 6.21. The first-order valence-corrected chi connectivity index (χ1v) is 19.3. The lowest BCUT2D eigenvalue weighted by Gasteiger charge is -2.22. The summed E-state index contributed by atoms with van der Waals surface area (Å²) in [5.41, 5.74) is 1.57. The Kier molecular flexibility index (Phi) is 13.8. The molecule has 2 aliphatic rings. The molecule has 54 heavy (non-hydrogen) atoms. The number of carbonyl (C=O) groups excluding carboxylic acids is 3. The van der Waals surface area contributed by atoms with Crippen molar-refractivity contribution in [2.24, 2.45) is 15.9 Å². The number of nitrogens with one attached hydrogen (secondary N) is 2. The Morgan fingerprint density at radius 1 is 1.11 bits per heavy atom. The topological polar surface area (TPSA) is 156 Å². The smallest absolute Gasteiger partial charge is 0.394 e. The molecule has 0 bridgehead atoms. The second-order valence-corrected chi connectivity index (χ2v) is 14.5. The Morgan fingerprint density at radius 3 is 2.37 bits per heavy atom. The zero-order chi connectivity index (χ0) is 38.8. The van der Waals surface area contributed by atoms with Gasteiger partial charge in [0.25, 0.3) is 0 Å². The average molecular weight is 787 g/mol. The highest BCUT2D eigenvalue weighted by molar-refractivity contribution is 8.76. The third-order valence-corrected chi connectivity index (χ3v) is 9.49. The number of amides is 3. The summed E-state index contributed by atoms with van der Waals surface area (Å²) >= 11 is 0. The lowest BCUT2D eigenvalue weighted by molar-refractivity contribution is -0.173. The minimum Gasteiger partial charge on any atom is -0.394 e. The molecule has 18 heteroatoms. The number of aliphatic imine (C=N–C) groups is 2. The fraction of sp³-hybridized carbons (Fsp3) is 0.361. The van der Waals surface area contributed by atoms with Crippen LogP contribution in [0, 0.1) is 17.8 Å². The second-order valence-electron chi connectivity index (χ2n) is 12.0. The number of fused-ring (bicyclic) bond motifs is 1. The van der Waals surface area contributed by atoms with Crippen LogP contribution in [0.3, 0.4) is 0 Å². The molecule has 3 atom stereocenters. The monoisotopic (exact) mass is 786 g/mol. The van der Waals surface area contributed by atoms with Gasteiger partial charge >= 0.3 is 18.2 Å². The molecule has 2 aromatic carbocycles. The van der Waals surface area contributed by atoms with E-state index in [1.165, 1.54) is 26.5 Å². The first-order chi connectivity index (χ1) is 25.9. The lowest BCUT2D eigenvalue weighted by Crippen LogP contribution is -2.36. The van der Waals surface area contributed by atoms with E-state index >= 15 is 0 Å². The third-order valence-electron chi connectivity index (χ3n) is 8.03. The first kappa shape index (κ1) is 40.4. The van der Waals surface area contributed by atoms with Gasteiger partial charge in [-0.05, 0) is 30.5 Å². The van der Waals surface area contributed by atoms with Crippen LogP contribution in [0.25, 0.3) is 0 Å². The number of nitrogens with zero attached hydrogens (tertiary/aromatic N) is 4. The lowest BCUT2D eigenvalue weighted by atomic mass is 10.1. The quantitative estimate of drug-likeness (QED) is 0.104. The predicted molar refractivity (Wildman–Crippen MR) is 199 cm³/mol. The van der Waals surface area contributed by atoms with Gasteiger partial charge in [-0.15, -0.1) is 0 Å². The summed E-state index contributed by atoms with van der Waals surface area (Å²) in [6, 6.07) is 17.4. The number of hydrogen-bond donors (Lipinski definition) is 3. The summed E-state index contributed by atoms with van der Waals surface area (Å²) in [4.78, 5) is 48.9. The van der Waals surface area contributed by atoms with Crippen LogP contribution in [0.4, 0.5) is 29.3 Å². The largest absolute Gasteiger partial charge is 0.471 e. The molecular formula is C36H37F3N6O7S2. The number of anilines is 2. The van der Waals surface area contributed by atoms with Crippen molar-refractivity contribution >= 4 is 62.7 Å². The van der Waals surface area contributed by atoms with Crippen molar-refractivity contribution in [3.05, 3.63) is 83.7 Å². The van der Waals surface area contributed by atoms with Crippen LogP contribution in [-0.2, 0) is 30.3 Å². The molecule has 3 amide bonds. The van der Waals surface area contributed by atoms with Gasteiger partial charge in [-0.1, -0.05) is 83.7 Å². The fourth-order valence-electron chi connectivity index (χ4n) is 5.43. The highest BCUT2D eigenvalue weighted by Gasteiger charge is 2.40. The Hall–Kier alpha value is -4.80. The highest BCUT2D eigenvalue weighted by Crippen LogP contribution is 2.36. The number of rotatable bonds is 10. The predicted octanol–water partition coefficient (Wildman–Crippen LogP) is 5.52. The number of benzene rings is 2. The molecule has 1 fully saturated rings. The maximum absolute atomic E-state index is 14.3. The van der Waals surface area contributed by atoms with E-state index in [0.717, 1.165) is 0 Å². The van der Waals surface area contributed by atoms with E-state index in [4.69, 9.17) is 14.2 Å². The molecule has 0 aliphatic carbocycles. The number of aliphatic hydroxyl groups is 1. The molecule has 3 aromatic rings. The van der Waals surface area contributed by atoms with Crippen molar-refractivity contribution in [1.82, 2.24) is 15.2 Å². The second kappa shape index (κ2) is 18.5. The van der Waals surface area contributed by atoms with Gasteiger partial charge in [-0.25, -0.2) is 14.7 Å². The van der Waals surface area contributed by atoms with E-state index in [-0.39, 0.29) is 42.6 Å². The molecule has 0 saturated carbocycles. The molecule has 5 rings (SSSR count). The van der Waals surface area contributed by atoms with E-state index in [9.17, 15) is 32.7 Å². The molecule has 1 aromatic heterocycles. The van der Waals surface area contributed by atoms with Gasteiger partial charge in [-0.2, -0.15) is 18.2 Å². The van der Waals surface area contributed by atoms with Gasteiger partial charge in [0.1, 0.15) is 18.3 Å². The molecular weight excluding hydrogens is 750 g/mol. The summed E-state index contributed by atoms with van der Waals surface area (Å²) in [5.74, 6) is 2.11. The molecule has 286 valence electrons. The number of carbonyl (C=O) groups is 3. The normalized spacial score (nSPS) is 18.0. The van der Waals surface area contributed by atoms with Crippen LogP contribution in [-0.4, -0.2) is 83.2 Å². The molecule has 0 spiro atoms. The Balaban J connectivity index is 1.61. The number of halogens is 3. The Morgan fingerprint density at radius 2 is 1.78 bits per heavy atom. The van der Waals surface area contributed by atoms with E-state index in [0.29, 0.717) is 23.0 Å². The van der Waals surface area contributed by atoms with Gasteiger partial charge in [0.2, 0.25) is 17.8 Å². The summed E-state index contributed by atoms with van der Waals surface area (Å²) in [6.07, 6.45) is -4.24. The maximum Gasteiger partial charge on any atom is 0.471 e. The van der Waals surface area contributed by atoms with Crippen molar-refractivity contribution in [2.45, 2.75) is 51.4 Å². The molecule has 0 radical (unpaired) electrons. The van der Waals surface area contributed by atoms with Crippen molar-refractivity contribution in [3.63, 3.8) is 0 Å². The van der Waals surface area contributed by atoms with E-state index in [2.05, 4.69) is 27.1 Å². The van der Waals surface area contributed by atoms with Crippen molar-refractivity contribution in [1.29, 1.82) is 0 Å². The van der Waals surface area contributed by atoms with E-state index in [1.807, 2.05) is 6.26 Å². The zero-order valence-electron chi connectivity index (χ0n) is 29.3. The van der Waals surface area contributed by atoms with Gasteiger partial charge in [0, 0.05) is 18.5 Å². The molecule has 3 N–H and O–H groups in total. The van der Waals surface area contributed by atoms with Crippen LogP contribution in [0.1, 0.15) is 43.3 Å². The van der Waals surface area contributed by atoms with Crippen LogP contribution in [0.2, 0.25) is 0 Å². The Labute approximate surface area is 317 Å². The summed E-state index contributed by atoms with van der Waals surface area (Å²) < 4.78 is 58.6. The summed E-state index contributed by atoms with van der Waals surface area (Å²) in [5, 5.41) is 14.5. The van der Waals surface area contributed by atoms with Crippen LogP contribution < -0.4 is 15.5 Å². The zero-order valence-corrected chi connectivity index (χ0v) is 31.0. The van der Waals surface area contributed by atoms with E-state index < -0.39 is 55.0 Å². The van der Waals surface area contributed by atoms with Crippen molar-refractivity contribution < 1.29 is 46.9 Å². The molecule has 13 nitrogen and oxygen atoms in total. The van der Waals surface area contributed by atoms with Crippen LogP contribution in [0.15, 0.2) is 76.8 Å². The number of para-hydroxylation sites is 2. The molecule has 3 heterocycles. The summed E-state index contributed by atoms with van der Waals surface area (Å²) in [6.45, 7) is 2.20. The maximum atomic E-state index is 14.3. The number of hydrogen-bond acceptors (Lipinski definition) is 11. The number of aliphatic hydroxyl groups excluding tert-OH is 1. The molecule has 2 aliphatic heterocycles. The number of aromatic nitrogens is 1. The number of guanidine groups is 1. The van der Waals surface area contributed by atoms with Gasteiger partial charge < -0.3 is 29.2 Å².